The number of nitrogens with one attached hydrogen (secondary N) is 1. The van der Waals surface area contributed by atoms with Gasteiger partial charge < -0.3 is 24.3 Å². The van der Waals surface area contributed by atoms with Gasteiger partial charge in [0.2, 0.25) is 0 Å². The Labute approximate surface area is 259 Å². The van der Waals surface area contributed by atoms with Crippen molar-refractivity contribution in [3.63, 3.8) is 0 Å². The summed E-state index contributed by atoms with van der Waals surface area (Å²) >= 11 is 0. The van der Waals surface area contributed by atoms with Crippen molar-refractivity contribution >= 4 is 23.0 Å². The van der Waals surface area contributed by atoms with Crippen molar-refractivity contribution in [3.05, 3.63) is 84.6 Å². The summed E-state index contributed by atoms with van der Waals surface area (Å²) in [5.41, 5.74) is 1.84. The van der Waals surface area contributed by atoms with Crippen molar-refractivity contribution in [1.29, 1.82) is 0 Å². The van der Waals surface area contributed by atoms with Crippen LogP contribution in [-0.2, 0) is 25.6 Å². The molecule has 3 aliphatic heterocycles. The van der Waals surface area contributed by atoms with Gasteiger partial charge in [0.1, 0.15) is 17.5 Å². The lowest BCUT2D eigenvalue weighted by Crippen LogP contribution is -2.56. The Kier molecular flexibility index (Phi) is 9.86. The van der Waals surface area contributed by atoms with E-state index >= 15 is 0 Å². The van der Waals surface area contributed by atoms with Gasteiger partial charge in [-0.05, 0) is 81.8 Å². The summed E-state index contributed by atoms with van der Waals surface area (Å²) in [5, 5.41) is 3.56. The smallest absolute Gasteiger partial charge is 0.408 e. The summed E-state index contributed by atoms with van der Waals surface area (Å²) in [6, 6.07) is 16.1. The molecule has 3 aromatic rings. The van der Waals surface area contributed by atoms with Gasteiger partial charge in [-0.2, -0.15) is 0 Å². The highest BCUT2D eigenvalue weighted by molar-refractivity contribution is 5.85. The third kappa shape index (κ3) is 7.57. The Bertz CT molecular complexity index is 1460. The lowest BCUT2D eigenvalue weighted by molar-refractivity contribution is -0.161. The van der Waals surface area contributed by atoms with Gasteiger partial charge in [-0.3, -0.25) is 9.88 Å². The number of hydrogen-bond donors (Lipinski definition) is 1. The second-order valence-corrected chi connectivity index (χ2v) is 12.6. The average Bonchev–Trinajstić information content (AvgIpc) is 3.02. The first-order chi connectivity index (χ1) is 21.1. The van der Waals surface area contributed by atoms with E-state index in [-0.39, 0.29) is 19.3 Å². The summed E-state index contributed by atoms with van der Waals surface area (Å²) < 4.78 is 23.4. The predicted octanol–water partition coefficient (Wildman–Crippen LogP) is 5.83. The number of amides is 1. The number of carbonyl (C=O) groups excluding carboxylic acids is 2. The van der Waals surface area contributed by atoms with E-state index in [1.807, 2.05) is 60.7 Å². The first-order valence-electron chi connectivity index (χ1n) is 15.3. The molecular formula is C35H43N3O6. The molecule has 1 amide bonds. The fraction of sp³-hybridized carbons (Fsp3) is 0.457. The van der Waals surface area contributed by atoms with Gasteiger partial charge in [0, 0.05) is 23.7 Å². The number of ether oxygens (including phenoxy) is 4. The topological polar surface area (TPSA) is 99.2 Å². The third-order valence-electron chi connectivity index (χ3n) is 8.41. The van der Waals surface area contributed by atoms with E-state index in [2.05, 4.69) is 21.8 Å². The molecule has 3 saturated heterocycles. The van der Waals surface area contributed by atoms with Gasteiger partial charge in [0.15, 0.2) is 6.04 Å². The molecule has 2 aromatic carbocycles. The van der Waals surface area contributed by atoms with Crippen molar-refractivity contribution in [2.45, 2.75) is 64.0 Å². The van der Waals surface area contributed by atoms with Crippen molar-refractivity contribution < 1.29 is 28.5 Å². The van der Waals surface area contributed by atoms with Crippen LogP contribution in [0.25, 0.3) is 10.9 Å². The van der Waals surface area contributed by atoms with Crippen LogP contribution in [0, 0.1) is 11.8 Å². The molecule has 2 bridgehead atoms. The minimum atomic E-state index is -1.09. The number of benzene rings is 2. The highest BCUT2D eigenvalue weighted by atomic mass is 16.6. The van der Waals surface area contributed by atoms with Crippen molar-refractivity contribution in [3.8, 4) is 5.75 Å². The number of fused-ring (bicyclic) bond motifs is 4. The molecule has 9 heteroatoms. The highest BCUT2D eigenvalue weighted by Gasteiger charge is 2.45. The van der Waals surface area contributed by atoms with E-state index in [4.69, 9.17) is 18.9 Å². The van der Waals surface area contributed by atoms with E-state index < -0.39 is 29.8 Å². The van der Waals surface area contributed by atoms with E-state index in [9.17, 15) is 9.59 Å². The average molecular weight is 602 g/mol. The van der Waals surface area contributed by atoms with Crippen molar-refractivity contribution in [2.75, 3.05) is 26.8 Å². The zero-order valence-electron chi connectivity index (χ0n) is 26.0. The molecule has 0 saturated carbocycles. The van der Waals surface area contributed by atoms with Gasteiger partial charge >= 0.3 is 12.1 Å². The fourth-order valence-corrected chi connectivity index (χ4v) is 6.26. The molecule has 1 N–H and O–H groups in total. The van der Waals surface area contributed by atoms with Crippen LogP contribution in [0.1, 0.15) is 50.8 Å². The summed E-state index contributed by atoms with van der Waals surface area (Å²) in [6.07, 6.45) is 4.39. The minimum absolute atomic E-state index is 0.0573. The molecule has 4 heterocycles. The molecule has 0 spiro atoms. The molecule has 0 aliphatic carbocycles. The van der Waals surface area contributed by atoms with Crippen molar-refractivity contribution in [2.24, 2.45) is 11.8 Å². The number of alkyl carbamates (subject to hydrolysis) is 1. The molecular weight excluding hydrogens is 558 g/mol. The minimum Gasteiger partial charge on any atom is -0.497 e. The van der Waals surface area contributed by atoms with Crippen LogP contribution in [0.5, 0.6) is 5.75 Å². The van der Waals surface area contributed by atoms with Crippen LogP contribution in [0.4, 0.5) is 4.79 Å². The molecule has 9 nitrogen and oxygen atoms in total. The summed E-state index contributed by atoms with van der Waals surface area (Å²) in [6.45, 7) is 11.4. The Morgan fingerprint density at radius 2 is 1.95 bits per heavy atom. The first-order valence-corrected chi connectivity index (χ1v) is 15.3. The third-order valence-corrected chi connectivity index (χ3v) is 8.41. The number of rotatable bonds is 11. The number of aromatic nitrogens is 1. The molecule has 6 rings (SSSR count). The monoisotopic (exact) mass is 601 g/mol. The van der Waals surface area contributed by atoms with Gasteiger partial charge in [-0.25, -0.2) is 9.59 Å². The predicted molar refractivity (Wildman–Crippen MR) is 168 cm³/mol. The molecule has 6 atom stereocenters. The van der Waals surface area contributed by atoms with E-state index in [1.54, 1.807) is 34.1 Å². The molecule has 1 aromatic heterocycles. The number of pyridine rings is 1. The summed E-state index contributed by atoms with van der Waals surface area (Å²) in [5.74, 6) is 0.951. The lowest BCUT2D eigenvalue weighted by Gasteiger charge is -2.51. The normalized spacial score (nSPS) is 22.5. The molecule has 1 unspecified atom stereocenters. The number of methoxy groups -OCH3 is 1. The van der Waals surface area contributed by atoms with Gasteiger partial charge in [-0.1, -0.05) is 36.4 Å². The second-order valence-electron chi connectivity index (χ2n) is 12.6. The zero-order valence-corrected chi connectivity index (χ0v) is 26.0. The summed E-state index contributed by atoms with van der Waals surface area (Å²) in [4.78, 5) is 33.9. The fourth-order valence-electron chi connectivity index (χ4n) is 6.26. The highest BCUT2D eigenvalue weighted by Crippen LogP contribution is 2.43. The Morgan fingerprint density at radius 3 is 2.64 bits per heavy atom. The second kappa shape index (κ2) is 13.8. The standard InChI is InChI=1S/C35H43N3O6/c1-6-24-20-38-17-15-25(24)18-31(38)32(27-14-16-36-29-13-12-26(41-5)19-28(27)29)43-33(39)30(37-34(40)44-35(2,3)4)22-42-21-23-10-8-7-9-11-23/h6-14,16,19,24-25,30-32H,1,15,17-18,20-22H2,2-5H3,(H,37,40)/t24-,25-,30-,31-,32+/m0/s1. The number of esters is 1. The van der Waals surface area contributed by atoms with Crippen LogP contribution >= 0.6 is 0 Å². The van der Waals surface area contributed by atoms with Crippen molar-refractivity contribution in [1.82, 2.24) is 15.2 Å². The van der Waals surface area contributed by atoms with Crippen LogP contribution < -0.4 is 10.1 Å². The maximum atomic E-state index is 14.1. The zero-order chi connectivity index (χ0) is 31.3. The molecule has 234 valence electrons. The maximum absolute atomic E-state index is 14.1. The van der Waals surface area contributed by atoms with E-state index in [0.717, 1.165) is 48.0 Å². The lowest BCUT2D eigenvalue weighted by atomic mass is 9.73. The Hall–Kier alpha value is -3.95. The number of hydrogen-bond acceptors (Lipinski definition) is 8. The number of nitrogens with zero attached hydrogens (tertiary/aromatic N) is 2. The molecule has 44 heavy (non-hydrogen) atoms. The van der Waals surface area contributed by atoms with Gasteiger partial charge in [0.25, 0.3) is 0 Å². The van der Waals surface area contributed by atoms with E-state index in [1.165, 1.54) is 0 Å². The van der Waals surface area contributed by atoms with E-state index in [0.29, 0.717) is 17.6 Å². The molecule has 3 fully saturated rings. The number of piperidine rings is 3. The Morgan fingerprint density at radius 1 is 1.16 bits per heavy atom. The van der Waals surface area contributed by atoms with Crippen LogP contribution in [0.2, 0.25) is 0 Å². The SMILES string of the molecule is C=C[C@H]1CN2CC[C@H]1C[C@H]2[C@H](OC(=O)[C@H](COCc1ccccc1)NC(=O)OC(C)(C)C)c1ccnc2ccc(OC)cc12. The molecule has 3 aliphatic rings. The van der Waals surface area contributed by atoms with Gasteiger partial charge in [-0.15, -0.1) is 6.58 Å². The largest absolute Gasteiger partial charge is 0.497 e. The quantitative estimate of drug-likeness (QED) is 0.216. The molecule has 0 radical (unpaired) electrons. The van der Waals surface area contributed by atoms with Crippen LogP contribution in [0.3, 0.4) is 0 Å². The maximum Gasteiger partial charge on any atom is 0.408 e. The van der Waals surface area contributed by atoms with Gasteiger partial charge in [0.05, 0.1) is 31.9 Å². The summed E-state index contributed by atoms with van der Waals surface area (Å²) in [7, 11) is 1.62. The van der Waals surface area contributed by atoms with Crippen LogP contribution in [0.15, 0.2) is 73.4 Å². The van der Waals surface area contributed by atoms with Crippen LogP contribution in [-0.4, -0.2) is 66.4 Å². The first kappa shape index (κ1) is 31.5. The Balaban J connectivity index is 1.45. The number of carbonyl (C=O) groups is 2.